The summed E-state index contributed by atoms with van der Waals surface area (Å²) < 4.78 is 11.4. The van der Waals surface area contributed by atoms with E-state index in [1.165, 1.54) is 0 Å². The predicted molar refractivity (Wildman–Crippen MR) is 87.4 cm³/mol. The number of hydrogen-bond donors (Lipinski definition) is 0. The molecule has 22 heavy (non-hydrogen) atoms. The summed E-state index contributed by atoms with van der Waals surface area (Å²) in [6.07, 6.45) is 0. The third-order valence-electron chi connectivity index (χ3n) is 3.43. The average Bonchev–Trinajstić information content (AvgIpc) is 2.37. The molecule has 0 unspecified atom stereocenters. The number of hydrogen-bond acceptors (Lipinski definition) is 5. The SMILES string of the molecule is CC(C)C(=O)[CH2][Sn]([O]C(=O)C(C)C)([O]C(=O)C(C)C)[CH](C)C. The summed E-state index contributed by atoms with van der Waals surface area (Å²) >= 11 is -4.20. The van der Waals surface area contributed by atoms with Crippen molar-refractivity contribution in [2.24, 2.45) is 17.8 Å². The standard InChI is InChI=1S/C5H9O.2C4H8O2.C3H7.Sn/c1-4(2)5(3)6;2*1-3(2)4(5)6;1-3-2;/h4H,3H2,1-2H3;2*3H,1-2H3,(H,5,6);3H,1-2H3;/q;;;;+2/p-2. The first kappa shape index (κ1) is 21.4. The molecule has 0 rings (SSSR count). The van der Waals surface area contributed by atoms with Crippen molar-refractivity contribution in [2.75, 3.05) is 0 Å². The number of carbonyl (C=O) groups is 3. The van der Waals surface area contributed by atoms with Gasteiger partial charge < -0.3 is 0 Å². The fourth-order valence-electron chi connectivity index (χ4n) is 1.56. The number of carbonyl (C=O) groups excluding carboxylic acids is 3. The molecule has 0 spiro atoms. The van der Waals surface area contributed by atoms with Gasteiger partial charge in [0.2, 0.25) is 0 Å². The molecule has 0 amide bonds. The second-order valence-electron chi connectivity index (χ2n) is 6.92. The van der Waals surface area contributed by atoms with Gasteiger partial charge in [-0.1, -0.05) is 0 Å². The maximum atomic E-state index is 12.2. The van der Waals surface area contributed by atoms with Crippen LogP contribution < -0.4 is 0 Å². The Morgan fingerprint density at radius 2 is 1.09 bits per heavy atom. The zero-order chi connectivity index (χ0) is 17.7. The van der Waals surface area contributed by atoms with Crippen molar-refractivity contribution in [3.8, 4) is 0 Å². The van der Waals surface area contributed by atoms with Crippen molar-refractivity contribution in [3.63, 3.8) is 0 Å². The third-order valence-corrected chi connectivity index (χ3v) is 14.0. The molecule has 0 aromatic rings. The van der Waals surface area contributed by atoms with Gasteiger partial charge in [-0.2, -0.15) is 0 Å². The van der Waals surface area contributed by atoms with Crippen LogP contribution in [0.5, 0.6) is 0 Å². The Kier molecular flexibility index (Phi) is 8.65. The van der Waals surface area contributed by atoms with E-state index in [9.17, 15) is 14.4 Å². The summed E-state index contributed by atoms with van der Waals surface area (Å²) in [6, 6.07) is 0. The van der Waals surface area contributed by atoms with Gasteiger partial charge in [0.05, 0.1) is 0 Å². The molecule has 0 radical (unpaired) electrons. The first-order chi connectivity index (χ1) is 9.92. The first-order valence-electron chi connectivity index (χ1n) is 7.91. The number of Topliss-reactive ketones (excluding diaryl/α,β-unsaturated/α-hetero) is 1. The Bertz CT molecular complexity index is 358. The molecule has 0 aromatic heterocycles. The van der Waals surface area contributed by atoms with Crippen molar-refractivity contribution in [2.45, 2.75) is 63.8 Å². The van der Waals surface area contributed by atoms with Crippen molar-refractivity contribution in [3.05, 3.63) is 0 Å². The molecule has 0 aliphatic carbocycles. The molecule has 128 valence electrons. The molecule has 0 fully saturated rings. The molecule has 0 aliphatic heterocycles. The molecule has 0 aromatic carbocycles. The van der Waals surface area contributed by atoms with Gasteiger partial charge >= 0.3 is 139 Å². The van der Waals surface area contributed by atoms with E-state index in [0.29, 0.717) is 0 Å². The van der Waals surface area contributed by atoms with Gasteiger partial charge in [0.15, 0.2) is 0 Å². The van der Waals surface area contributed by atoms with Crippen LogP contribution in [0.2, 0.25) is 8.37 Å². The zero-order valence-corrected chi connectivity index (χ0v) is 17.9. The molecule has 0 N–H and O–H groups in total. The average molecular weight is 421 g/mol. The summed E-state index contributed by atoms with van der Waals surface area (Å²) in [4.78, 5) is 36.4. The van der Waals surface area contributed by atoms with Gasteiger partial charge in [-0.25, -0.2) is 0 Å². The van der Waals surface area contributed by atoms with Crippen molar-refractivity contribution >= 4 is 36.9 Å². The molecule has 0 saturated carbocycles. The molecule has 6 heteroatoms. The van der Waals surface area contributed by atoms with E-state index in [1.54, 1.807) is 41.5 Å². The second kappa shape index (κ2) is 8.89. The Balaban J connectivity index is 5.58. The van der Waals surface area contributed by atoms with Crippen LogP contribution in [-0.2, 0) is 20.5 Å². The molecular formula is C16H30O5Sn. The summed E-state index contributed by atoms with van der Waals surface area (Å²) in [7, 11) is 0. The summed E-state index contributed by atoms with van der Waals surface area (Å²) in [5.41, 5.74) is 0. The van der Waals surface area contributed by atoms with Crippen LogP contribution in [0.3, 0.4) is 0 Å². The van der Waals surface area contributed by atoms with Crippen LogP contribution in [0.4, 0.5) is 0 Å². The monoisotopic (exact) mass is 422 g/mol. The number of ketones is 1. The van der Waals surface area contributed by atoms with Crippen molar-refractivity contribution in [1.82, 2.24) is 0 Å². The Labute approximate surface area is 139 Å². The van der Waals surface area contributed by atoms with Gasteiger partial charge in [-0.05, 0) is 0 Å². The Morgan fingerprint density at radius 3 is 1.32 bits per heavy atom. The number of rotatable bonds is 8. The van der Waals surface area contributed by atoms with E-state index >= 15 is 0 Å². The molecule has 0 aliphatic rings. The van der Waals surface area contributed by atoms with Crippen LogP contribution in [0, 0.1) is 17.8 Å². The van der Waals surface area contributed by atoms with Crippen LogP contribution in [0.15, 0.2) is 0 Å². The Morgan fingerprint density at radius 1 is 0.727 bits per heavy atom. The van der Waals surface area contributed by atoms with Gasteiger partial charge in [-0.15, -0.1) is 0 Å². The van der Waals surface area contributed by atoms with Crippen LogP contribution in [-0.4, -0.2) is 36.9 Å². The van der Waals surface area contributed by atoms with Crippen molar-refractivity contribution in [1.29, 1.82) is 0 Å². The fraction of sp³-hybridized carbons (Fsp3) is 0.812. The van der Waals surface area contributed by atoms with E-state index in [-0.39, 0.29) is 31.9 Å². The normalized spacial score (nSPS) is 12.2. The van der Waals surface area contributed by atoms with Crippen molar-refractivity contribution < 1.29 is 20.5 Å². The maximum absolute atomic E-state index is 12.2. The topological polar surface area (TPSA) is 69.7 Å². The minimum atomic E-state index is -4.20. The predicted octanol–water partition coefficient (Wildman–Crippen LogP) is 3.46. The second-order valence-corrected chi connectivity index (χ2v) is 17.0. The summed E-state index contributed by atoms with van der Waals surface area (Å²) in [5, 5.41) is 0. The van der Waals surface area contributed by atoms with E-state index in [0.717, 1.165) is 0 Å². The van der Waals surface area contributed by atoms with Gasteiger partial charge in [-0.3, -0.25) is 0 Å². The molecule has 0 saturated heterocycles. The minimum absolute atomic E-state index is 0.0161. The van der Waals surface area contributed by atoms with E-state index in [4.69, 9.17) is 6.15 Å². The van der Waals surface area contributed by atoms with E-state index in [2.05, 4.69) is 0 Å². The molecule has 0 heterocycles. The summed E-state index contributed by atoms with van der Waals surface area (Å²) in [5.74, 6) is -1.61. The van der Waals surface area contributed by atoms with E-state index in [1.807, 2.05) is 13.8 Å². The fourth-order valence-corrected chi connectivity index (χ4v) is 10.4. The third kappa shape index (κ3) is 6.26. The zero-order valence-electron chi connectivity index (χ0n) is 15.1. The first-order valence-corrected chi connectivity index (χ1v) is 13.9. The quantitative estimate of drug-likeness (QED) is 0.562. The molecular weight excluding hydrogens is 391 g/mol. The van der Waals surface area contributed by atoms with Gasteiger partial charge in [0, 0.05) is 0 Å². The molecule has 5 nitrogen and oxygen atoms in total. The van der Waals surface area contributed by atoms with Crippen LogP contribution in [0.25, 0.3) is 0 Å². The molecule has 0 bridgehead atoms. The molecule has 0 atom stereocenters. The van der Waals surface area contributed by atoms with Gasteiger partial charge in [0.1, 0.15) is 0 Å². The Hall–Kier alpha value is -0.591. The van der Waals surface area contributed by atoms with Crippen LogP contribution in [0.1, 0.15) is 55.4 Å². The van der Waals surface area contributed by atoms with Crippen LogP contribution >= 0.6 is 0 Å². The van der Waals surface area contributed by atoms with E-state index < -0.39 is 31.1 Å². The summed E-state index contributed by atoms with van der Waals surface area (Å²) in [6.45, 7) is 14.3. The van der Waals surface area contributed by atoms with Gasteiger partial charge in [0.25, 0.3) is 0 Å².